The van der Waals surface area contributed by atoms with E-state index in [1.807, 2.05) is 49.4 Å². The number of rotatable bonds is 4. The van der Waals surface area contributed by atoms with Crippen LogP contribution in [0.25, 0.3) is 0 Å². The van der Waals surface area contributed by atoms with E-state index in [-0.39, 0.29) is 11.9 Å². The predicted molar refractivity (Wildman–Crippen MR) is 103 cm³/mol. The van der Waals surface area contributed by atoms with Crippen molar-refractivity contribution in [2.75, 3.05) is 44.4 Å². The van der Waals surface area contributed by atoms with Gasteiger partial charge in [-0.2, -0.15) is 0 Å². The lowest BCUT2D eigenvalue weighted by Crippen LogP contribution is -2.36. The zero-order valence-corrected chi connectivity index (χ0v) is 15.4. The highest BCUT2D eigenvalue weighted by molar-refractivity contribution is 5.94. The summed E-state index contributed by atoms with van der Waals surface area (Å²) in [5.74, 6) is 1.39. The maximum atomic E-state index is 12.6. The smallest absolute Gasteiger partial charge is 0.251 e. The molecule has 0 saturated carbocycles. The highest BCUT2D eigenvalue weighted by atomic mass is 16.6. The van der Waals surface area contributed by atoms with Gasteiger partial charge in [-0.05, 0) is 48.9 Å². The van der Waals surface area contributed by atoms with Crippen LogP contribution in [0.5, 0.6) is 11.5 Å². The molecule has 27 heavy (non-hydrogen) atoms. The van der Waals surface area contributed by atoms with Crippen LogP contribution in [0, 0.1) is 0 Å². The van der Waals surface area contributed by atoms with Crippen molar-refractivity contribution in [1.29, 1.82) is 0 Å². The fraction of sp³-hybridized carbons (Fsp3) is 0.381. The van der Waals surface area contributed by atoms with Gasteiger partial charge in [-0.15, -0.1) is 0 Å². The van der Waals surface area contributed by atoms with Crippen molar-refractivity contribution in [1.82, 2.24) is 5.32 Å². The molecule has 1 fully saturated rings. The Labute approximate surface area is 159 Å². The summed E-state index contributed by atoms with van der Waals surface area (Å²) in [7, 11) is 0. The molecule has 2 aromatic rings. The number of fused-ring (bicyclic) bond motifs is 1. The first-order valence-corrected chi connectivity index (χ1v) is 9.34. The Balaban J connectivity index is 1.40. The third-order valence-corrected chi connectivity index (χ3v) is 4.92. The van der Waals surface area contributed by atoms with E-state index in [2.05, 4.69) is 10.2 Å². The first kappa shape index (κ1) is 17.7. The minimum Gasteiger partial charge on any atom is -0.486 e. The molecule has 1 atom stereocenters. The van der Waals surface area contributed by atoms with Crippen LogP contribution >= 0.6 is 0 Å². The van der Waals surface area contributed by atoms with Crippen molar-refractivity contribution in [3.05, 3.63) is 53.6 Å². The lowest BCUT2D eigenvalue weighted by Gasteiger charge is -2.28. The third-order valence-electron chi connectivity index (χ3n) is 4.92. The number of carbonyl (C=O) groups excluding carboxylic acids is 1. The van der Waals surface area contributed by atoms with Crippen LogP contribution in [0.4, 0.5) is 5.69 Å². The number of amides is 1. The summed E-state index contributed by atoms with van der Waals surface area (Å²) in [5.41, 5.74) is 2.75. The molecule has 2 aliphatic heterocycles. The van der Waals surface area contributed by atoms with Gasteiger partial charge in [0.15, 0.2) is 11.5 Å². The molecular formula is C21H24N2O4. The Morgan fingerprint density at radius 2 is 1.67 bits per heavy atom. The second-order valence-corrected chi connectivity index (χ2v) is 6.74. The normalized spacial score (nSPS) is 17.3. The molecule has 2 aliphatic rings. The molecule has 0 bridgehead atoms. The molecule has 1 unspecified atom stereocenters. The molecular weight excluding hydrogens is 344 g/mol. The number of hydrogen-bond acceptors (Lipinski definition) is 5. The fourth-order valence-electron chi connectivity index (χ4n) is 3.34. The topological polar surface area (TPSA) is 60.0 Å². The van der Waals surface area contributed by atoms with Crippen LogP contribution in [0.15, 0.2) is 42.5 Å². The van der Waals surface area contributed by atoms with E-state index < -0.39 is 0 Å². The standard InChI is InChI=1S/C21H24N2O4/c1-15(17-4-7-19-20(14-17)27-13-12-26-19)22-21(24)16-2-5-18(6-3-16)23-8-10-25-11-9-23/h2-7,14-15H,8-13H2,1H3,(H,22,24). The van der Waals surface area contributed by atoms with Gasteiger partial charge >= 0.3 is 0 Å². The molecule has 2 aromatic carbocycles. The van der Waals surface area contributed by atoms with Crippen molar-refractivity contribution >= 4 is 11.6 Å². The van der Waals surface area contributed by atoms with Gasteiger partial charge in [0.1, 0.15) is 13.2 Å². The minimum atomic E-state index is -0.132. The number of benzene rings is 2. The Kier molecular flexibility index (Phi) is 5.16. The van der Waals surface area contributed by atoms with Gasteiger partial charge in [0.2, 0.25) is 0 Å². The van der Waals surface area contributed by atoms with Crippen LogP contribution in [0.3, 0.4) is 0 Å². The average molecular weight is 368 g/mol. The highest BCUT2D eigenvalue weighted by Gasteiger charge is 2.17. The van der Waals surface area contributed by atoms with Crippen LogP contribution in [-0.4, -0.2) is 45.4 Å². The summed E-state index contributed by atoms with van der Waals surface area (Å²) in [6, 6.07) is 13.4. The number of anilines is 1. The number of morpholine rings is 1. The second-order valence-electron chi connectivity index (χ2n) is 6.74. The van der Waals surface area contributed by atoms with Crippen LogP contribution in [-0.2, 0) is 4.74 Å². The van der Waals surface area contributed by atoms with Gasteiger partial charge in [0.25, 0.3) is 5.91 Å². The molecule has 1 amide bonds. The molecule has 1 saturated heterocycles. The Bertz CT molecular complexity index is 800. The molecule has 6 nitrogen and oxygen atoms in total. The molecule has 0 aromatic heterocycles. The van der Waals surface area contributed by atoms with Gasteiger partial charge in [-0.25, -0.2) is 0 Å². The summed E-state index contributed by atoms with van der Waals surface area (Å²) in [5, 5.41) is 3.05. The fourth-order valence-corrected chi connectivity index (χ4v) is 3.34. The predicted octanol–water partition coefficient (Wildman–Crippen LogP) is 2.79. The number of carbonyl (C=O) groups is 1. The molecule has 1 N–H and O–H groups in total. The van der Waals surface area contributed by atoms with Crippen LogP contribution in [0.2, 0.25) is 0 Å². The maximum Gasteiger partial charge on any atom is 0.251 e. The zero-order chi connectivity index (χ0) is 18.6. The zero-order valence-electron chi connectivity index (χ0n) is 15.4. The number of nitrogens with one attached hydrogen (secondary N) is 1. The molecule has 142 valence electrons. The van der Waals surface area contributed by atoms with Crippen molar-refractivity contribution in [3.8, 4) is 11.5 Å². The molecule has 6 heteroatoms. The van der Waals surface area contributed by atoms with Crippen molar-refractivity contribution in [2.45, 2.75) is 13.0 Å². The molecule has 0 spiro atoms. The SMILES string of the molecule is CC(NC(=O)c1ccc(N2CCOCC2)cc1)c1ccc2c(c1)OCCO2. The maximum absolute atomic E-state index is 12.6. The van der Waals surface area contributed by atoms with E-state index in [0.29, 0.717) is 18.8 Å². The van der Waals surface area contributed by atoms with Crippen molar-refractivity contribution in [2.24, 2.45) is 0 Å². The van der Waals surface area contributed by atoms with Gasteiger partial charge in [0.05, 0.1) is 19.3 Å². The number of nitrogens with zero attached hydrogens (tertiary/aromatic N) is 1. The quantitative estimate of drug-likeness (QED) is 0.899. The summed E-state index contributed by atoms with van der Waals surface area (Å²) in [4.78, 5) is 14.9. The minimum absolute atomic E-state index is 0.0917. The Morgan fingerprint density at radius 3 is 2.41 bits per heavy atom. The van der Waals surface area contributed by atoms with E-state index >= 15 is 0 Å². The van der Waals surface area contributed by atoms with Gasteiger partial charge in [-0.1, -0.05) is 6.07 Å². The summed E-state index contributed by atoms with van der Waals surface area (Å²) in [6.45, 7) is 6.33. The molecule has 2 heterocycles. The molecule has 0 aliphatic carbocycles. The van der Waals surface area contributed by atoms with Crippen LogP contribution in [0.1, 0.15) is 28.9 Å². The lowest BCUT2D eigenvalue weighted by atomic mass is 10.1. The van der Waals surface area contributed by atoms with Gasteiger partial charge < -0.3 is 24.4 Å². The average Bonchev–Trinajstić information content (AvgIpc) is 2.74. The first-order valence-electron chi connectivity index (χ1n) is 9.34. The summed E-state index contributed by atoms with van der Waals surface area (Å²) < 4.78 is 16.6. The Hall–Kier alpha value is -2.73. The third kappa shape index (κ3) is 4.01. The lowest BCUT2D eigenvalue weighted by molar-refractivity contribution is 0.0939. The molecule has 0 radical (unpaired) electrons. The monoisotopic (exact) mass is 368 g/mol. The first-order chi connectivity index (χ1) is 13.2. The summed E-state index contributed by atoms with van der Waals surface area (Å²) >= 11 is 0. The largest absolute Gasteiger partial charge is 0.486 e. The van der Waals surface area contributed by atoms with E-state index in [0.717, 1.165) is 49.1 Å². The van der Waals surface area contributed by atoms with E-state index in [1.54, 1.807) is 0 Å². The van der Waals surface area contributed by atoms with E-state index in [1.165, 1.54) is 0 Å². The molecule has 4 rings (SSSR count). The number of ether oxygens (including phenoxy) is 3. The van der Waals surface area contributed by atoms with Gasteiger partial charge in [-0.3, -0.25) is 4.79 Å². The second kappa shape index (κ2) is 7.88. The van der Waals surface area contributed by atoms with Crippen LogP contribution < -0.4 is 19.7 Å². The summed E-state index contributed by atoms with van der Waals surface area (Å²) in [6.07, 6.45) is 0. The number of hydrogen-bond donors (Lipinski definition) is 1. The van der Waals surface area contributed by atoms with E-state index in [9.17, 15) is 4.79 Å². The van der Waals surface area contributed by atoms with Crippen molar-refractivity contribution < 1.29 is 19.0 Å². The Morgan fingerprint density at radius 1 is 0.963 bits per heavy atom. The highest BCUT2D eigenvalue weighted by Crippen LogP contribution is 2.32. The van der Waals surface area contributed by atoms with Crippen molar-refractivity contribution in [3.63, 3.8) is 0 Å². The van der Waals surface area contributed by atoms with Gasteiger partial charge in [0, 0.05) is 24.3 Å². The van der Waals surface area contributed by atoms with E-state index in [4.69, 9.17) is 14.2 Å².